The molecule has 0 aliphatic rings. The van der Waals surface area contributed by atoms with Crippen LogP contribution in [0.3, 0.4) is 0 Å². The largest absolute Gasteiger partial charge is 0.455 e. The monoisotopic (exact) mass is 265 g/mol. The fraction of sp³-hybridized carbons (Fsp3) is 0.118. The summed E-state index contributed by atoms with van der Waals surface area (Å²) in [6, 6.07) is 15.6. The molecule has 2 aromatic carbocycles. The average Bonchev–Trinajstić information content (AvgIpc) is 2.49. The van der Waals surface area contributed by atoms with E-state index in [9.17, 15) is 5.11 Å². The smallest absolute Gasteiger partial charge is 0.146 e. The molecule has 3 rings (SSSR count). The number of benzene rings is 2. The molecule has 100 valence electrons. The van der Waals surface area contributed by atoms with Crippen LogP contribution >= 0.6 is 0 Å². The minimum atomic E-state index is -0.0436. The van der Waals surface area contributed by atoms with Crippen LogP contribution in [0.4, 0.5) is 0 Å². The second kappa shape index (κ2) is 5.31. The van der Waals surface area contributed by atoms with Crippen molar-refractivity contribution in [3.05, 3.63) is 65.9 Å². The normalized spacial score (nSPS) is 10.7. The Bertz CT molecular complexity index is 753. The number of ether oxygens (including phenoxy) is 1. The van der Waals surface area contributed by atoms with Gasteiger partial charge in [-0.3, -0.25) is 4.98 Å². The zero-order valence-electron chi connectivity index (χ0n) is 11.2. The molecule has 0 aliphatic heterocycles. The molecule has 3 heteroatoms. The Balaban J connectivity index is 1.96. The number of hydrogen-bond acceptors (Lipinski definition) is 3. The van der Waals surface area contributed by atoms with Gasteiger partial charge in [0.1, 0.15) is 11.5 Å². The fourth-order valence-corrected chi connectivity index (χ4v) is 2.16. The first-order valence-electron chi connectivity index (χ1n) is 6.49. The van der Waals surface area contributed by atoms with Crippen LogP contribution in [0, 0.1) is 6.92 Å². The van der Waals surface area contributed by atoms with Crippen LogP contribution in [0.1, 0.15) is 11.1 Å². The minimum Gasteiger partial charge on any atom is -0.455 e. The third-order valence-corrected chi connectivity index (χ3v) is 3.18. The van der Waals surface area contributed by atoms with Crippen molar-refractivity contribution in [3.63, 3.8) is 0 Å². The lowest BCUT2D eigenvalue weighted by molar-refractivity contribution is 0.276. The van der Waals surface area contributed by atoms with Crippen LogP contribution in [0.2, 0.25) is 0 Å². The Morgan fingerprint density at radius 2 is 1.95 bits per heavy atom. The summed E-state index contributed by atoms with van der Waals surface area (Å²) in [7, 11) is 0. The predicted octanol–water partition coefficient (Wildman–Crippen LogP) is 3.83. The van der Waals surface area contributed by atoms with E-state index in [0.29, 0.717) is 11.5 Å². The molecule has 3 aromatic rings. The molecule has 0 fully saturated rings. The van der Waals surface area contributed by atoms with Gasteiger partial charge in [-0.1, -0.05) is 35.9 Å². The number of pyridine rings is 1. The molecule has 0 aliphatic carbocycles. The highest BCUT2D eigenvalue weighted by atomic mass is 16.5. The standard InChI is InChI=1S/C17H15NO2/c1-12-6-7-17(14(8-12)11-19)20-15-9-13-4-2-3-5-16(13)18-10-15/h2-10,19H,11H2,1H3. The SMILES string of the molecule is Cc1ccc(Oc2cnc3ccccc3c2)c(CO)c1. The average molecular weight is 265 g/mol. The van der Waals surface area contributed by atoms with Crippen LogP contribution in [-0.4, -0.2) is 10.1 Å². The van der Waals surface area contributed by atoms with Gasteiger partial charge in [0.15, 0.2) is 0 Å². The van der Waals surface area contributed by atoms with Crippen molar-refractivity contribution in [2.75, 3.05) is 0 Å². The molecule has 0 saturated heterocycles. The summed E-state index contributed by atoms with van der Waals surface area (Å²) < 4.78 is 5.84. The van der Waals surface area contributed by atoms with E-state index in [2.05, 4.69) is 4.98 Å². The lowest BCUT2D eigenvalue weighted by atomic mass is 10.1. The Labute approximate surface area is 117 Å². The van der Waals surface area contributed by atoms with E-state index >= 15 is 0 Å². The molecule has 0 radical (unpaired) electrons. The van der Waals surface area contributed by atoms with Gasteiger partial charge in [0.2, 0.25) is 0 Å². The molecular formula is C17H15NO2. The summed E-state index contributed by atoms with van der Waals surface area (Å²) in [5.74, 6) is 1.33. The van der Waals surface area contributed by atoms with Crippen molar-refractivity contribution < 1.29 is 9.84 Å². The number of aliphatic hydroxyl groups is 1. The number of aliphatic hydroxyl groups excluding tert-OH is 1. The van der Waals surface area contributed by atoms with E-state index in [1.165, 1.54) is 0 Å². The van der Waals surface area contributed by atoms with Gasteiger partial charge in [0.05, 0.1) is 18.3 Å². The van der Waals surface area contributed by atoms with Gasteiger partial charge in [-0.05, 0) is 25.1 Å². The van der Waals surface area contributed by atoms with Crippen molar-refractivity contribution in [2.24, 2.45) is 0 Å². The highest BCUT2D eigenvalue weighted by Crippen LogP contribution is 2.27. The van der Waals surface area contributed by atoms with E-state index in [-0.39, 0.29) is 6.61 Å². The van der Waals surface area contributed by atoms with Crippen LogP contribution < -0.4 is 4.74 Å². The molecule has 3 nitrogen and oxygen atoms in total. The van der Waals surface area contributed by atoms with Gasteiger partial charge in [0, 0.05) is 10.9 Å². The fourth-order valence-electron chi connectivity index (χ4n) is 2.16. The van der Waals surface area contributed by atoms with Gasteiger partial charge in [0.25, 0.3) is 0 Å². The van der Waals surface area contributed by atoms with Gasteiger partial charge >= 0.3 is 0 Å². The number of aromatic nitrogens is 1. The quantitative estimate of drug-likeness (QED) is 0.782. The molecule has 0 saturated carbocycles. The maximum Gasteiger partial charge on any atom is 0.146 e. The highest BCUT2D eigenvalue weighted by molar-refractivity contribution is 5.79. The summed E-state index contributed by atoms with van der Waals surface area (Å²) in [6.07, 6.45) is 1.70. The van der Waals surface area contributed by atoms with E-state index in [0.717, 1.165) is 22.0 Å². The van der Waals surface area contributed by atoms with Gasteiger partial charge in [-0.2, -0.15) is 0 Å². The van der Waals surface area contributed by atoms with Crippen molar-refractivity contribution >= 4 is 10.9 Å². The first-order valence-corrected chi connectivity index (χ1v) is 6.49. The maximum absolute atomic E-state index is 9.40. The highest BCUT2D eigenvalue weighted by Gasteiger charge is 2.05. The molecule has 0 spiro atoms. The summed E-state index contributed by atoms with van der Waals surface area (Å²) in [4.78, 5) is 4.36. The zero-order chi connectivity index (χ0) is 13.9. The van der Waals surface area contributed by atoms with Gasteiger partial charge in [-0.15, -0.1) is 0 Å². The minimum absolute atomic E-state index is 0.0436. The van der Waals surface area contributed by atoms with Crippen LogP contribution in [-0.2, 0) is 6.61 Å². The summed E-state index contributed by atoms with van der Waals surface area (Å²) >= 11 is 0. The van der Waals surface area contributed by atoms with Crippen molar-refractivity contribution in [1.82, 2.24) is 4.98 Å². The summed E-state index contributed by atoms with van der Waals surface area (Å²) in [5.41, 5.74) is 2.81. The molecule has 1 heterocycles. The van der Waals surface area contributed by atoms with Crippen molar-refractivity contribution in [2.45, 2.75) is 13.5 Å². The molecule has 1 aromatic heterocycles. The third kappa shape index (κ3) is 2.49. The second-order valence-electron chi connectivity index (χ2n) is 4.74. The maximum atomic E-state index is 9.40. The van der Waals surface area contributed by atoms with Crippen LogP contribution in [0.25, 0.3) is 10.9 Å². The number of fused-ring (bicyclic) bond motifs is 1. The number of aryl methyl sites for hydroxylation is 1. The second-order valence-corrected chi connectivity index (χ2v) is 4.74. The third-order valence-electron chi connectivity index (χ3n) is 3.18. The lowest BCUT2D eigenvalue weighted by Crippen LogP contribution is -1.93. The number of rotatable bonds is 3. The van der Waals surface area contributed by atoms with E-state index in [4.69, 9.17) is 4.74 Å². The van der Waals surface area contributed by atoms with Gasteiger partial charge in [-0.25, -0.2) is 0 Å². The van der Waals surface area contributed by atoms with Crippen molar-refractivity contribution in [3.8, 4) is 11.5 Å². The molecule has 0 unspecified atom stereocenters. The Morgan fingerprint density at radius 3 is 2.80 bits per heavy atom. The van der Waals surface area contributed by atoms with E-state index < -0.39 is 0 Å². The van der Waals surface area contributed by atoms with Crippen molar-refractivity contribution in [1.29, 1.82) is 0 Å². The molecule has 0 bridgehead atoms. The Hall–Kier alpha value is -2.39. The topological polar surface area (TPSA) is 42.4 Å². The Kier molecular flexibility index (Phi) is 3.35. The van der Waals surface area contributed by atoms with Crippen LogP contribution in [0.5, 0.6) is 11.5 Å². The van der Waals surface area contributed by atoms with E-state index in [1.54, 1.807) is 6.20 Å². The molecular weight excluding hydrogens is 250 g/mol. The molecule has 20 heavy (non-hydrogen) atoms. The summed E-state index contributed by atoms with van der Waals surface area (Å²) in [6.45, 7) is 1.94. The van der Waals surface area contributed by atoms with Crippen LogP contribution in [0.15, 0.2) is 54.7 Å². The lowest BCUT2D eigenvalue weighted by Gasteiger charge is -2.10. The number of hydrogen-bond donors (Lipinski definition) is 1. The van der Waals surface area contributed by atoms with Gasteiger partial charge < -0.3 is 9.84 Å². The molecule has 0 amide bonds. The first kappa shape index (κ1) is 12.6. The number of nitrogens with zero attached hydrogens (tertiary/aromatic N) is 1. The number of para-hydroxylation sites is 1. The Morgan fingerprint density at radius 1 is 1.10 bits per heavy atom. The first-order chi connectivity index (χ1) is 9.76. The molecule has 0 atom stereocenters. The predicted molar refractivity (Wildman–Crippen MR) is 78.9 cm³/mol. The summed E-state index contributed by atoms with van der Waals surface area (Å²) in [5, 5.41) is 10.4. The molecule has 1 N–H and O–H groups in total. The zero-order valence-corrected chi connectivity index (χ0v) is 11.2. The van der Waals surface area contributed by atoms with E-state index in [1.807, 2.05) is 55.5 Å².